The number of hydrogen-bond donors (Lipinski definition) is 0. The largest absolute Gasteiger partial charge is 1.00 e. The third kappa shape index (κ3) is 10.2. The molecule has 0 aromatic heterocycles. The summed E-state index contributed by atoms with van der Waals surface area (Å²) in [6.07, 6.45) is 6.71. The summed E-state index contributed by atoms with van der Waals surface area (Å²) in [4.78, 5) is 23.0. The molecule has 1 atom stereocenters. The number of aliphatic carboxylic acids is 1. The maximum Gasteiger partial charge on any atom is 1.00 e. The number of carboxylic acids is 1. The van der Waals surface area contributed by atoms with Gasteiger partial charge in [0.15, 0.2) is 0 Å². The van der Waals surface area contributed by atoms with Gasteiger partial charge in [0, 0.05) is 0 Å². The topological polar surface area (TPSA) is 75.7 Å². The summed E-state index contributed by atoms with van der Waals surface area (Å²) >= 11 is 0. The fourth-order valence-corrected chi connectivity index (χ4v) is 2.45. The standard InChI is InChI=1S/C20H30O5.Na/c1-3-5-6-7-8-9-10-18(19(21)22)25-17-13-11-16(12-14-17)20(23)24-15-4-2;/h11-14,18H,3-10,15H2,1-2H3,(H,21,22);/q;+1/p-1. The molecule has 5 nitrogen and oxygen atoms in total. The minimum Gasteiger partial charge on any atom is -0.546 e. The van der Waals surface area contributed by atoms with Crippen LogP contribution in [0.5, 0.6) is 5.75 Å². The van der Waals surface area contributed by atoms with E-state index >= 15 is 0 Å². The van der Waals surface area contributed by atoms with E-state index in [1.54, 1.807) is 24.3 Å². The molecule has 0 aliphatic rings. The number of carbonyl (C=O) groups is 2. The number of carboxylic acid groups (broad SMARTS) is 1. The quantitative estimate of drug-likeness (QED) is 0.286. The van der Waals surface area contributed by atoms with Crippen LogP contribution in [-0.2, 0) is 9.53 Å². The molecular formula is C20H29NaO5. The summed E-state index contributed by atoms with van der Waals surface area (Å²) < 4.78 is 10.6. The molecular weight excluding hydrogens is 343 g/mol. The van der Waals surface area contributed by atoms with Crippen LogP contribution in [0.2, 0.25) is 0 Å². The Balaban J connectivity index is 0.00000625. The third-order valence-corrected chi connectivity index (χ3v) is 3.89. The van der Waals surface area contributed by atoms with Crippen LogP contribution in [-0.4, -0.2) is 24.6 Å². The van der Waals surface area contributed by atoms with Crippen LogP contribution in [0.15, 0.2) is 24.3 Å². The number of benzene rings is 1. The first-order valence-corrected chi connectivity index (χ1v) is 9.23. The van der Waals surface area contributed by atoms with Crippen molar-refractivity contribution in [1.82, 2.24) is 0 Å². The zero-order chi connectivity index (χ0) is 18.5. The van der Waals surface area contributed by atoms with Crippen LogP contribution >= 0.6 is 0 Å². The van der Waals surface area contributed by atoms with Crippen molar-refractivity contribution >= 4 is 11.9 Å². The van der Waals surface area contributed by atoms with Gasteiger partial charge in [0.1, 0.15) is 11.9 Å². The van der Waals surface area contributed by atoms with Gasteiger partial charge in [0.05, 0.1) is 18.1 Å². The number of ether oxygens (including phenoxy) is 2. The fraction of sp³-hybridized carbons (Fsp3) is 0.600. The second-order valence-corrected chi connectivity index (χ2v) is 6.14. The smallest absolute Gasteiger partial charge is 0.546 e. The van der Waals surface area contributed by atoms with Gasteiger partial charge < -0.3 is 19.4 Å². The predicted molar refractivity (Wildman–Crippen MR) is 94.4 cm³/mol. The van der Waals surface area contributed by atoms with Crippen molar-refractivity contribution < 1.29 is 53.7 Å². The van der Waals surface area contributed by atoms with E-state index in [4.69, 9.17) is 9.47 Å². The van der Waals surface area contributed by atoms with Gasteiger partial charge in [-0.1, -0.05) is 46.0 Å². The van der Waals surface area contributed by atoms with E-state index in [0.717, 1.165) is 25.7 Å². The average molecular weight is 372 g/mol. The van der Waals surface area contributed by atoms with Gasteiger partial charge in [-0.3, -0.25) is 0 Å². The summed E-state index contributed by atoms with van der Waals surface area (Å²) in [6, 6.07) is 6.31. The molecule has 0 aliphatic carbocycles. The first-order chi connectivity index (χ1) is 12.1. The minimum atomic E-state index is -1.21. The van der Waals surface area contributed by atoms with Gasteiger partial charge in [-0.2, -0.15) is 0 Å². The van der Waals surface area contributed by atoms with E-state index in [0.29, 0.717) is 24.3 Å². The summed E-state index contributed by atoms with van der Waals surface area (Å²) in [5, 5.41) is 11.3. The van der Waals surface area contributed by atoms with E-state index < -0.39 is 18.0 Å². The Morgan fingerprint density at radius 3 is 2.15 bits per heavy atom. The third-order valence-electron chi connectivity index (χ3n) is 3.89. The molecule has 1 aromatic rings. The number of unbranched alkanes of at least 4 members (excludes halogenated alkanes) is 5. The molecule has 0 N–H and O–H groups in total. The Labute approximate surface area is 178 Å². The summed E-state index contributed by atoms with van der Waals surface area (Å²) in [5.74, 6) is -1.19. The van der Waals surface area contributed by atoms with Gasteiger partial charge in [0.25, 0.3) is 0 Å². The molecule has 0 heterocycles. The molecule has 6 heteroatoms. The van der Waals surface area contributed by atoms with E-state index in [2.05, 4.69) is 6.92 Å². The molecule has 0 bridgehead atoms. The van der Waals surface area contributed by atoms with Crippen LogP contribution < -0.4 is 39.4 Å². The normalized spacial score (nSPS) is 11.3. The molecule has 0 spiro atoms. The Hall–Kier alpha value is -1.04. The van der Waals surface area contributed by atoms with E-state index in [1.165, 1.54) is 19.3 Å². The van der Waals surface area contributed by atoms with Gasteiger partial charge in [-0.25, -0.2) is 4.79 Å². The van der Waals surface area contributed by atoms with Gasteiger partial charge in [-0.15, -0.1) is 0 Å². The van der Waals surface area contributed by atoms with Crippen LogP contribution in [0.3, 0.4) is 0 Å². The number of hydrogen-bond acceptors (Lipinski definition) is 5. The molecule has 0 saturated carbocycles. The van der Waals surface area contributed by atoms with Gasteiger partial charge in [-0.05, 0) is 43.5 Å². The van der Waals surface area contributed by atoms with E-state index in [-0.39, 0.29) is 29.6 Å². The second kappa shape index (κ2) is 15.1. The maximum atomic E-state index is 11.7. The van der Waals surface area contributed by atoms with Crippen LogP contribution in [0, 0.1) is 0 Å². The van der Waals surface area contributed by atoms with E-state index in [1.807, 2.05) is 6.92 Å². The van der Waals surface area contributed by atoms with Crippen molar-refractivity contribution in [3.05, 3.63) is 29.8 Å². The fourth-order valence-electron chi connectivity index (χ4n) is 2.45. The van der Waals surface area contributed by atoms with Crippen LogP contribution in [0.25, 0.3) is 0 Å². The minimum absolute atomic E-state index is 0. The maximum absolute atomic E-state index is 11.7. The summed E-state index contributed by atoms with van der Waals surface area (Å²) in [7, 11) is 0. The first kappa shape index (κ1) is 25.0. The molecule has 0 saturated heterocycles. The Kier molecular flexibility index (Phi) is 14.5. The zero-order valence-electron chi connectivity index (χ0n) is 16.3. The van der Waals surface area contributed by atoms with Crippen molar-refractivity contribution in [3.63, 3.8) is 0 Å². The zero-order valence-corrected chi connectivity index (χ0v) is 18.3. The first-order valence-electron chi connectivity index (χ1n) is 9.23. The van der Waals surface area contributed by atoms with Crippen LogP contribution in [0.1, 0.15) is 75.6 Å². The summed E-state index contributed by atoms with van der Waals surface area (Å²) in [6.45, 7) is 4.46. The van der Waals surface area contributed by atoms with Crippen molar-refractivity contribution in [3.8, 4) is 5.75 Å². The number of carbonyl (C=O) groups excluding carboxylic acids is 2. The van der Waals surface area contributed by atoms with Crippen molar-refractivity contribution in [2.45, 2.75) is 71.3 Å². The molecule has 1 aromatic carbocycles. The molecule has 0 amide bonds. The molecule has 0 radical (unpaired) electrons. The predicted octanol–water partition coefficient (Wildman–Crippen LogP) is 0.505. The average Bonchev–Trinajstić information content (AvgIpc) is 2.61. The molecule has 0 fully saturated rings. The molecule has 140 valence electrons. The van der Waals surface area contributed by atoms with E-state index in [9.17, 15) is 14.7 Å². The Morgan fingerprint density at radius 1 is 0.962 bits per heavy atom. The second-order valence-electron chi connectivity index (χ2n) is 6.14. The van der Waals surface area contributed by atoms with Crippen molar-refractivity contribution in [2.75, 3.05) is 6.61 Å². The van der Waals surface area contributed by atoms with Gasteiger partial charge >= 0.3 is 35.5 Å². The van der Waals surface area contributed by atoms with Gasteiger partial charge in [0.2, 0.25) is 0 Å². The number of esters is 1. The Morgan fingerprint density at radius 2 is 1.58 bits per heavy atom. The molecule has 1 rings (SSSR count). The Bertz CT molecular complexity index is 515. The molecule has 26 heavy (non-hydrogen) atoms. The van der Waals surface area contributed by atoms with Crippen molar-refractivity contribution in [2.24, 2.45) is 0 Å². The van der Waals surface area contributed by atoms with Crippen molar-refractivity contribution in [1.29, 1.82) is 0 Å². The number of rotatable bonds is 13. The molecule has 0 aliphatic heterocycles. The SMILES string of the molecule is CCCCCCCCC(Oc1ccc(C(=O)OCCC)cc1)C(=O)[O-].[Na+]. The molecule has 1 unspecified atom stereocenters. The monoisotopic (exact) mass is 372 g/mol. The summed E-state index contributed by atoms with van der Waals surface area (Å²) in [5.41, 5.74) is 0.418. The van der Waals surface area contributed by atoms with Crippen LogP contribution in [0.4, 0.5) is 0 Å².